The van der Waals surface area contributed by atoms with Gasteiger partial charge in [0.15, 0.2) is 12.4 Å². The van der Waals surface area contributed by atoms with Crippen LogP contribution in [-0.4, -0.2) is 69.0 Å². The van der Waals surface area contributed by atoms with Crippen molar-refractivity contribution in [2.24, 2.45) is 10.6 Å². The molecule has 4 N–H and O–H groups in total. The summed E-state index contributed by atoms with van der Waals surface area (Å²) in [5, 5.41) is 32.1. The molecule has 1 amide bonds. The number of oxime groups is 1. The average Bonchev–Trinajstić information content (AvgIpc) is 3.43. The number of H-pyrrole nitrogens is 1. The molecule has 2 unspecified atom stereocenters. The smallest absolute Gasteiger partial charge is 0.261 e. The van der Waals surface area contributed by atoms with Crippen molar-refractivity contribution in [1.82, 2.24) is 20.4 Å². The fourth-order valence-electron chi connectivity index (χ4n) is 4.00. The number of carbonyl (C=O) groups is 1. The molecule has 1 aromatic carbocycles. The number of rotatable bonds is 11. The van der Waals surface area contributed by atoms with Crippen molar-refractivity contribution in [3.8, 4) is 0 Å². The largest absolute Gasteiger partial charge is 0.390 e. The molecule has 0 saturated carbocycles. The standard InChI is InChI=1S/C25H35N5O6/c1-14(31)22(33)21(23(34-6)25(3,4)5)30-35-13-20(32)28-19(24-27-15(2)29-36-24)11-16-12-26-18-10-8-7-9-17(16)18/h7-10,12,14,19,22-23,26,31,33H,11,13H2,1-6H3,(H,28,32)/b30-21+/t14?,19-,22?,23+/m0/s1. The Bertz CT molecular complexity index is 1180. The highest BCUT2D eigenvalue weighted by Crippen LogP contribution is 2.26. The number of methoxy groups -OCH3 is 1. The Labute approximate surface area is 209 Å². The van der Waals surface area contributed by atoms with Gasteiger partial charge in [0, 0.05) is 30.6 Å². The maximum atomic E-state index is 12.8. The summed E-state index contributed by atoms with van der Waals surface area (Å²) in [5.41, 5.74) is 1.60. The molecule has 0 aliphatic heterocycles. The number of nitrogens with zero attached hydrogens (tertiary/aromatic N) is 3. The Morgan fingerprint density at radius 2 is 2.00 bits per heavy atom. The van der Waals surface area contributed by atoms with Gasteiger partial charge in [-0.25, -0.2) is 0 Å². The highest BCUT2D eigenvalue weighted by atomic mass is 16.6. The molecular weight excluding hydrogens is 466 g/mol. The van der Waals surface area contributed by atoms with E-state index in [1.807, 2.05) is 51.2 Å². The third-order valence-electron chi connectivity index (χ3n) is 5.69. The topological polar surface area (TPSA) is 155 Å². The van der Waals surface area contributed by atoms with Crippen molar-refractivity contribution in [3.05, 3.63) is 47.7 Å². The number of nitrogens with one attached hydrogen (secondary N) is 2. The number of fused-ring (bicyclic) bond motifs is 1. The van der Waals surface area contributed by atoms with E-state index in [2.05, 4.69) is 25.6 Å². The van der Waals surface area contributed by atoms with E-state index >= 15 is 0 Å². The van der Waals surface area contributed by atoms with Crippen LogP contribution in [0.15, 0.2) is 40.1 Å². The molecule has 2 heterocycles. The summed E-state index contributed by atoms with van der Waals surface area (Å²) in [6, 6.07) is 7.25. The van der Waals surface area contributed by atoms with Gasteiger partial charge in [-0.15, -0.1) is 0 Å². The lowest BCUT2D eigenvalue weighted by atomic mass is 9.83. The fourth-order valence-corrected chi connectivity index (χ4v) is 4.00. The Morgan fingerprint density at radius 3 is 2.61 bits per heavy atom. The molecule has 36 heavy (non-hydrogen) atoms. The zero-order chi connectivity index (χ0) is 26.5. The first-order chi connectivity index (χ1) is 17.0. The number of benzene rings is 1. The minimum Gasteiger partial charge on any atom is -0.390 e. The molecule has 0 fully saturated rings. The minimum atomic E-state index is -1.33. The molecule has 3 aromatic rings. The lowest BCUT2D eigenvalue weighted by molar-refractivity contribution is -0.126. The predicted molar refractivity (Wildman–Crippen MR) is 133 cm³/mol. The van der Waals surface area contributed by atoms with E-state index in [1.54, 1.807) is 6.92 Å². The Kier molecular flexibility index (Phi) is 8.83. The second-order valence-corrected chi connectivity index (χ2v) is 9.82. The summed E-state index contributed by atoms with van der Waals surface area (Å²) in [4.78, 5) is 25.6. The Morgan fingerprint density at radius 1 is 1.28 bits per heavy atom. The number of aliphatic hydroxyl groups is 2. The van der Waals surface area contributed by atoms with E-state index in [0.29, 0.717) is 12.2 Å². The maximum Gasteiger partial charge on any atom is 0.261 e. The number of para-hydroxylation sites is 1. The normalized spacial score (nSPS) is 15.9. The number of aromatic amines is 1. The summed E-state index contributed by atoms with van der Waals surface area (Å²) in [6.07, 6.45) is -0.797. The lowest BCUT2D eigenvalue weighted by Crippen LogP contribution is -2.46. The molecule has 3 rings (SSSR count). The fraction of sp³-hybridized carbons (Fsp3) is 0.520. The molecule has 11 heteroatoms. The highest BCUT2D eigenvalue weighted by molar-refractivity contribution is 5.93. The molecule has 0 radical (unpaired) electrons. The second kappa shape index (κ2) is 11.6. The molecule has 0 aliphatic rings. The SMILES string of the molecule is CO[C@H](/C(=N/OCC(=O)N[C@@H](Cc1c[nH]c2ccccc12)c1nc(C)no1)C(O)C(C)O)C(C)(C)C. The highest BCUT2D eigenvalue weighted by Gasteiger charge is 2.36. The van der Waals surface area contributed by atoms with Crippen LogP contribution in [0, 0.1) is 12.3 Å². The van der Waals surface area contributed by atoms with Crippen LogP contribution in [0.3, 0.4) is 0 Å². The van der Waals surface area contributed by atoms with Crippen molar-refractivity contribution in [1.29, 1.82) is 0 Å². The van der Waals surface area contributed by atoms with Gasteiger partial charge < -0.3 is 34.6 Å². The second-order valence-electron chi connectivity index (χ2n) is 9.82. The van der Waals surface area contributed by atoms with Crippen molar-refractivity contribution in [2.45, 2.75) is 65.4 Å². The molecule has 0 saturated heterocycles. The number of hydrogen-bond acceptors (Lipinski definition) is 9. The van der Waals surface area contributed by atoms with Crippen molar-refractivity contribution in [3.63, 3.8) is 0 Å². The van der Waals surface area contributed by atoms with E-state index in [9.17, 15) is 15.0 Å². The first-order valence-corrected chi connectivity index (χ1v) is 11.7. The van der Waals surface area contributed by atoms with Gasteiger partial charge in [-0.3, -0.25) is 4.79 Å². The van der Waals surface area contributed by atoms with Crippen LogP contribution in [0.2, 0.25) is 0 Å². The monoisotopic (exact) mass is 501 g/mol. The van der Waals surface area contributed by atoms with Gasteiger partial charge in [0.2, 0.25) is 5.89 Å². The van der Waals surface area contributed by atoms with Gasteiger partial charge in [0.25, 0.3) is 5.91 Å². The Balaban J connectivity index is 1.75. The van der Waals surface area contributed by atoms with Gasteiger partial charge in [-0.1, -0.05) is 49.3 Å². The van der Waals surface area contributed by atoms with Crippen LogP contribution >= 0.6 is 0 Å². The summed E-state index contributed by atoms with van der Waals surface area (Å²) in [7, 11) is 1.48. The number of amides is 1. The van der Waals surface area contributed by atoms with Crippen molar-refractivity contribution in [2.75, 3.05) is 13.7 Å². The summed E-state index contributed by atoms with van der Waals surface area (Å²) >= 11 is 0. The number of hydrogen-bond donors (Lipinski definition) is 4. The maximum absolute atomic E-state index is 12.8. The molecule has 196 valence electrons. The molecule has 2 aromatic heterocycles. The van der Waals surface area contributed by atoms with Crippen molar-refractivity contribution < 1.29 is 29.1 Å². The van der Waals surface area contributed by atoms with Gasteiger partial charge in [0.1, 0.15) is 24.0 Å². The van der Waals surface area contributed by atoms with Crippen LogP contribution in [0.1, 0.15) is 51.0 Å². The van der Waals surface area contributed by atoms with Crippen LogP contribution in [0.25, 0.3) is 10.9 Å². The molecule has 0 aliphatic carbocycles. The van der Waals surface area contributed by atoms with Crippen LogP contribution in [0.5, 0.6) is 0 Å². The van der Waals surface area contributed by atoms with E-state index < -0.39 is 42.3 Å². The number of aromatic nitrogens is 3. The zero-order valence-corrected chi connectivity index (χ0v) is 21.5. The lowest BCUT2D eigenvalue weighted by Gasteiger charge is -2.32. The van der Waals surface area contributed by atoms with E-state index in [-0.39, 0.29) is 11.6 Å². The van der Waals surface area contributed by atoms with E-state index in [4.69, 9.17) is 14.1 Å². The van der Waals surface area contributed by atoms with E-state index in [0.717, 1.165) is 16.5 Å². The minimum absolute atomic E-state index is 0.0932. The van der Waals surface area contributed by atoms with Crippen LogP contribution in [-0.2, 0) is 20.8 Å². The van der Waals surface area contributed by atoms with Crippen molar-refractivity contribution >= 4 is 22.5 Å². The third-order valence-corrected chi connectivity index (χ3v) is 5.69. The quantitative estimate of drug-likeness (QED) is 0.231. The summed E-state index contributed by atoms with van der Waals surface area (Å²) < 4.78 is 10.9. The number of aliphatic hydroxyl groups excluding tert-OH is 2. The number of carbonyl (C=O) groups excluding carboxylic acids is 1. The molecule has 4 atom stereocenters. The summed E-state index contributed by atoms with van der Waals surface area (Å²) in [6.45, 7) is 8.41. The molecular formula is C25H35N5O6. The van der Waals surface area contributed by atoms with Crippen LogP contribution < -0.4 is 5.32 Å². The first-order valence-electron chi connectivity index (χ1n) is 11.7. The van der Waals surface area contributed by atoms with Crippen LogP contribution in [0.4, 0.5) is 0 Å². The average molecular weight is 502 g/mol. The van der Waals surface area contributed by atoms with Gasteiger partial charge in [-0.05, 0) is 30.9 Å². The Hall–Kier alpha value is -3.28. The third kappa shape index (κ3) is 6.68. The predicted octanol–water partition coefficient (Wildman–Crippen LogP) is 2.43. The first kappa shape index (κ1) is 27.3. The molecule has 0 spiro atoms. The van der Waals surface area contributed by atoms with Gasteiger partial charge in [0.05, 0.1) is 6.10 Å². The number of ether oxygens (including phenoxy) is 1. The number of aryl methyl sites for hydroxylation is 1. The zero-order valence-electron chi connectivity index (χ0n) is 21.5. The summed E-state index contributed by atoms with van der Waals surface area (Å²) in [5.74, 6) is 0.246. The van der Waals surface area contributed by atoms with E-state index in [1.165, 1.54) is 14.0 Å². The molecule has 11 nitrogen and oxygen atoms in total. The van der Waals surface area contributed by atoms with Gasteiger partial charge in [-0.2, -0.15) is 4.98 Å². The van der Waals surface area contributed by atoms with Gasteiger partial charge >= 0.3 is 0 Å². The molecule has 0 bridgehead atoms.